The number of hydrogen-bond acceptors (Lipinski definition) is 9. The molecule has 0 unspecified atom stereocenters. The van der Waals surface area contributed by atoms with Gasteiger partial charge in [-0.2, -0.15) is 0 Å². The van der Waals surface area contributed by atoms with Crippen molar-refractivity contribution in [2.75, 3.05) is 6.54 Å². The van der Waals surface area contributed by atoms with Crippen LogP contribution in [0, 0.1) is 20.2 Å². The molecule has 2 aromatic carbocycles. The number of rotatable bonds is 7. The molecule has 11 nitrogen and oxygen atoms in total. The number of Topliss-reactive ketones (excluding diaryl/α,β-unsaturated/α-hetero) is 1. The molecule has 0 bridgehead atoms. The Kier molecular flexibility index (Phi) is 6.06. The lowest BCUT2D eigenvalue weighted by atomic mass is 10.1. The number of benzene rings is 2. The molecule has 34 heavy (non-hydrogen) atoms. The van der Waals surface area contributed by atoms with Crippen molar-refractivity contribution in [2.24, 2.45) is 0 Å². The van der Waals surface area contributed by atoms with E-state index < -0.39 is 33.3 Å². The number of nitro groups is 2. The van der Waals surface area contributed by atoms with E-state index in [1.54, 1.807) is 18.2 Å². The molecule has 1 aromatic heterocycles. The van der Waals surface area contributed by atoms with E-state index in [4.69, 9.17) is 4.42 Å². The largest absolute Gasteiger partial charge is 0.457 e. The van der Waals surface area contributed by atoms with E-state index >= 15 is 0 Å². The molecule has 170 valence electrons. The van der Waals surface area contributed by atoms with Crippen LogP contribution >= 0.6 is 11.8 Å². The first-order valence-corrected chi connectivity index (χ1v) is 10.4. The zero-order valence-electron chi connectivity index (χ0n) is 17.1. The van der Waals surface area contributed by atoms with Gasteiger partial charge in [0.2, 0.25) is 0 Å². The van der Waals surface area contributed by atoms with Gasteiger partial charge in [0.15, 0.2) is 5.78 Å². The Morgan fingerprint density at radius 2 is 1.68 bits per heavy atom. The summed E-state index contributed by atoms with van der Waals surface area (Å²) in [6.07, 6.45) is 1.35. The summed E-state index contributed by atoms with van der Waals surface area (Å²) in [5.74, 6) is -0.654. The second-order valence-electron chi connectivity index (χ2n) is 7.00. The van der Waals surface area contributed by atoms with Crippen LogP contribution in [0.15, 0.2) is 70.0 Å². The number of amides is 2. The van der Waals surface area contributed by atoms with Crippen molar-refractivity contribution in [2.45, 2.75) is 0 Å². The van der Waals surface area contributed by atoms with E-state index in [1.165, 1.54) is 36.4 Å². The first-order valence-electron chi connectivity index (χ1n) is 9.60. The quantitative estimate of drug-likeness (QED) is 0.203. The molecule has 1 saturated heterocycles. The van der Waals surface area contributed by atoms with Crippen LogP contribution < -0.4 is 0 Å². The fourth-order valence-corrected chi connectivity index (χ4v) is 3.95. The van der Waals surface area contributed by atoms with Gasteiger partial charge >= 0.3 is 0 Å². The minimum atomic E-state index is -0.682. The van der Waals surface area contributed by atoms with Gasteiger partial charge in [-0.1, -0.05) is 12.1 Å². The number of non-ortho nitro benzene ring substituents is 2. The number of thioether (sulfide) groups is 1. The highest BCUT2D eigenvalue weighted by Crippen LogP contribution is 2.34. The lowest BCUT2D eigenvalue weighted by Gasteiger charge is -2.11. The van der Waals surface area contributed by atoms with Gasteiger partial charge in [-0.3, -0.25) is 39.5 Å². The molecule has 2 heterocycles. The predicted molar refractivity (Wildman–Crippen MR) is 121 cm³/mol. The predicted octanol–water partition coefficient (Wildman–Crippen LogP) is 4.68. The summed E-state index contributed by atoms with van der Waals surface area (Å²) in [6.45, 7) is -0.517. The molecule has 3 aromatic rings. The Bertz CT molecular complexity index is 1380. The smallest absolute Gasteiger partial charge is 0.293 e. The van der Waals surface area contributed by atoms with Crippen molar-refractivity contribution in [3.63, 3.8) is 0 Å². The number of nitro benzene ring substituents is 2. The third-order valence-electron chi connectivity index (χ3n) is 4.82. The van der Waals surface area contributed by atoms with Crippen LogP contribution in [0.4, 0.5) is 16.2 Å². The lowest BCUT2D eigenvalue weighted by Crippen LogP contribution is -2.33. The molecule has 0 radical (unpaired) electrons. The van der Waals surface area contributed by atoms with E-state index in [2.05, 4.69) is 0 Å². The Morgan fingerprint density at radius 3 is 2.35 bits per heavy atom. The maximum absolute atomic E-state index is 12.7. The highest BCUT2D eigenvalue weighted by molar-refractivity contribution is 8.18. The first-order chi connectivity index (χ1) is 16.2. The molecular weight excluding hydrogens is 466 g/mol. The van der Waals surface area contributed by atoms with Gasteiger partial charge < -0.3 is 4.42 Å². The average Bonchev–Trinajstić information content (AvgIpc) is 3.39. The van der Waals surface area contributed by atoms with Crippen molar-refractivity contribution in [3.05, 3.63) is 97.1 Å². The minimum absolute atomic E-state index is 0.0430. The first kappa shape index (κ1) is 22.6. The van der Waals surface area contributed by atoms with Crippen molar-refractivity contribution >= 4 is 46.1 Å². The van der Waals surface area contributed by atoms with Gasteiger partial charge in [-0.25, -0.2) is 0 Å². The van der Waals surface area contributed by atoms with Gasteiger partial charge in [0.1, 0.15) is 11.5 Å². The topological polar surface area (TPSA) is 154 Å². The van der Waals surface area contributed by atoms with Crippen molar-refractivity contribution in [3.8, 4) is 11.3 Å². The fourth-order valence-electron chi connectivity index (χ4n) is 3.13. The maximum Gasteiger partial charge on any atom is 0.293 e. The van der Waals surface area contributed by atoms with Crippen LogP contribution in [-0.4, -0.2) is 38.2 Å². The van der Waals surface area contributed by atoms with E-state index in [0.717, 1.165) is 17.0 Å². The van der Waals surface area contributed by atoms with Crippen LogP contribution in [0.3, 0.4) is 0 Å². The van der Waals surface area contributed by atoms with Gasteiger partial charge in [-0.05, 0) is 36.0 Å². The number of hydrogen-bond donors (Lipinski definition) is 0. The second-order valence-corrected chi connectivity index (χ2v) is 8.00. The van der Waals surface area contributed by atoms with E-state index in [0.29, 0.717) is 23.1 Å². The minimum Gasteiger partial charge on any atom is -0.457 e. The zero-order valence-corrected chi connectivity index (χ0v) is 17.9. The molecule has 1 aliphatic heterocycles. The molecular formula is C22H13N3O8S. The van der Waals surface area contributed by atoms with Gasteiger partial charge in [-0.15, -0.1) is 0 Å². The molecule has 0 aliphatic carbocycles. The van der Waals surface area contributed by atoms with Crippen LogP contribution in [0.1, 0.15) is 16.1 Å². The molecule has 1 fully saturated rings. The normalized spacial score (nSPS) is 14.6. The number of carbonyl (C=O) groups is 3. The average molecular weight is 479 g/mol. The molecule has 12 heteroatoms. The number of ketones is 1. The lowest BCUT2D eigenvalue weighted by molar-refractivity contribution is -0.385. The molecule has 0 saturated carbocycles. The summed E-state index contributed by atoms with van der Waals surface area (Å²) in [4.78, 5) is 58.9. The summed E-state index contributed by atoms with van der Waals surface area (Å²) in [5, 5.41) is 21.1. The zero-order chi connectivity index (χ0) is 24.4. The van der Waals surface area contributed by atoms with E-state index in [9.17, 15) is 34.6 Å². The van der Waals surface area contributed by atoms with Gasteiger partial charge in [0.05, 0.1) is 21.3 Å². The summed E-state index contributed by atoms with van der Waals surface area (Å²) in [5.41, 5.74) is 0.305. The monoisotopic (exact) mass is 479 g/mol. The Morgan fingerprint density at radius 1 is 0.971 bits per heavy atom. The van der Waals surface area contributed by atoms with Gasteiger partial charge in [0, 0.05) is 41.5 Å². The highest BCUT2D eigenvalue weighted by atomic mass is 32.2. The molecule has 4 rings (SSSR count). The SMILES string of the molecule is O=C(CN1C(=O)S/C(=C/c2ccc(-c3cccc([N+](=O)[O-])c3)o2)C1=O)c1ccc([N+](=O)[O-])cc1. The van der Waals surface area contributed by atoms with Crippen LogP contribution in [-0.2, 0) is 4.79 Å². The molecule has 0 spiro atoms. The molecule has 2 amide bonds. The molecule has 1 aliphatic rings. The number of carbonyl (C=O) groups excluding carboxylic acids is 3. The third-order valence-corrected chi connectivity index (χ3v) is 5.72. The molecule has 0 N–H and O–H groups in total. The van der Waals surface area contributed by atoms with Crippen LogP contribution in [0.5, 0.6) is 0 Å². The van der Waals surface area contributed by atoms with E-state index in [1.807, 2.05) is 0 Å². The molecule has 0 atom stereocenters. The Hall–Kier alpha value is -4.58. The van der Waals surface area contributed by atoms with Crippen LogP contribution in [0.25, 0.3) is 17.4 Å². The maximum atomic E-state index is 12.7. The number of nitrogens with zero attached hydrogens (tertiary/aromatic N) is 3. The summed E-state index contributed by atoms with van der Waals surface area (Å²) in [6, 6.07) is 13.8. The standard InChI is InChI=1S/C22H13N3O8S/c26-18(13-4-6-15(7-5-13)24(29)30)12-23-21(27)20(34-22(23)28)11-17-8-9-19(33-17)14-2-1-3-16(10-14)25(31)32/h1-11H,12H2/b20-11+. The van der Waals surface area contributed by atoms with Crippen molar-refractivity contribution in [1.29, 1.82) is 0 Å². The highest BCUT2D eigenvalue weighted by Gasteiger charge is 2.36. The van der Waals surface area contributed by atoms with Crippen molar-refractivity contribution in [1.82, 2.24) is 4.90 Å². The number of imide groups is 1. The second kappa shape index (κ2) is 9.11. The summed E-state index contributed by atoms with van der Waals surface area (Å²) < 4.78 is 5.65. The van der Waals surface area contributed by atoms with E-state index in [-0.39, 0.29) is 27.6 Å². The number of furan rings is 1. The third kappa shape index (κ3) is 4.61. The van der Waals surface area contributed by atoms with Crippen molar-refractivity contribution < 1.29 is 28.6 Å². The summed E-state index contributed by atoms with van der Waals surface area (Å²) in [7, 11) is 0. The Labute approximate surface area is 195 Å². The fraction of sp³-hybridized carbons (Fsp3) is 0.0455. The Balaban J connectivity index is 1.49. The van der Waals surface area contributed by atoms with Gasteiger partial charge in [0.25, 0.3) is 22.5 Å². The summed E-state index contributed by atoms with van der Waals surface area (Å²) >= 11 is 0.639. The van der Waals surface area contributed by atoms with Crippen LogP contribution in [0.2, 0.25) is 0 Å².